The topological polar surface area (TPSA) is 42.4 Å². The molecule has 0 saturated carbocycles. The molecule has 0 unspecified atom stereocenters. The molecule has 106 valence electrons. The Labute approximate surface area is 120 Å². The van der Waals surface area contributed by atoms with Crippen LogP contribution in [-0.2, 0) is 0 Å². The van der Waals surface area contributed by atoms with Crippen molar-refractivity contribution >= 4 is 0 Å². The highest BCUT2D eigenvalue weighted by atomic mass is 16.5. The van der Waals surface area contributed by atoms with E-state index in [1.807, 2.05) is 50.2 Å². The average Bonchev–Trinajstić information content (AvgIpc) is 2.39. The molecule has 1 aromatic carbocycles. The third kappa shape index (κ3) is 3.17. The molecule has 0 aliphatic heterocycles. The minimum absolute atomic E-state index is 0.662. The van der Waals surface area contributed by atoms with Gasteiger partial charge in [0.25, 0.3) is 0 Å². The molecule has 1 heterocycles. The van der Waals surface area contributed by atoms with Gasteiger partial charge in [-0.15, -0.1) is 0 Å². The van der Waals surface area contributed by atoms with Crippen LogP contribution in [0.5, 0.6) is 5.75 Å². The fourth-order valence-corrected chi connectivity index (χ4v) is 1.68. The van der Waals surface area contributed by atoms with E-state index >= 15 is 0 Å². The lowest BCUT2D eigenvalue weighted by molar-refractivity contribution is -0.0906. The molecule has 0 amide bonds. The van der Waals surface area contributed by atoms with E-state index in [0.29, 0.717) is 0 Å². The van der Waals surface area contributed by atoms with E-state index in [1.54, 1.807) is 26.2 Å². The van der Waals surface area contributed by atoms with E-state index in [4.69, 9.17) is 4.74 Å². The van der Waals surface area contributed by atoms with Gasteiger partial charge in [0.15, 0.2) is 0 Å². The lowest BCUT2D eigenvalue weighted by atomic mass is 9.89. The summed E-state index contributed by atoms with van der Waals surface area (Å²) in [6.07, 6.45) is 3.55. The van der Waals surface area contributed by atoms with E-state index in [1.165, 1.54) is 0 Å². The van der Waals surface area contributed by atoms with Crippen molar-refractivity contribution in [3.8, 4) is 16.9 Å². The monoisotopic (exact) mass is 271 g/mol. The number of hydrogen-bond donors (Lipinski definition) is 1. The molecule has 0 atom stereocenters. The highest BCUT2D eigenvalue weighted by Gasteiger charge is 2.37. The number of rotatable bonds is 4. The second-order valence-electron chi connectivity index (χ2n) is 5.93. The van der Waals surface area contributed by atoms with Crippen LogP contribution in [0.2, 0.25) is 0 Å². The summed E-state index contributed by atoms with van der Waals surface area (Å²) < 4.78 is 5.89. The molecule has 3 heteroatoms. The zero-order valence-corrected chi connectivity index (χ0v) is 12.4. The third-order valence-corrected chi connectivity index (χ3v) is 3.71. The second-order valence-corrected chi connectivity index (χ2v) is 5.93. The average molecular weight is 271 g/mol. The summed E-state index contributed by atoms with van der Waals surface area (Å²) in [5, 5.41) is 10.1. The summed E-state index contributed by atoms with van der Waals surface area (Å²) in [5.74, 6) is 0.745. The number of ether oxygens (including phenoxy) is 1. The summed E-state index contributed by atoms with van der Waals surface area (Å²) in [6.45, 7) is 7.25. The van der Waals surface area contributed by atoms with Crippen LogP contribution >= 0.6 is 0 Å². The van der Waals surface area contributed by atoms with Gasteiger partial charge in [0.1, 0.15) is 11.4 Å². The highest BCUT2D eigenvalue weighted by molar-refractivity contribution is 5.63. The summed E-state index contributed by atoms with van der Waals surface area (Å²) in [4.78, 5) is 4.01. The van der Waals surface area contributed by atoms with Crippen molar-refractivity contribution in [1.29, 1.82) is 0 Å². The molecule has 2 aromatic rings. The number of aliphatic hydroxyl groups is 1. The lowest BCUT2D eigenvalue weighted by Crippen LogP contribution is -2.49. The Kier molecular flexibility index (Phi) is 3.82. The molecule has 0 aliphatic carbocycles. The number of hydrogen-bond acceptors (Lipinski definition) is 3. The first-order valence-electron chi connectivity index (χ1n) is 6.71. The largest absolute Gasteiger partial charge is 0.485 e. The fraction of sp³-hybridized carbons (Fsp3) is 0.353. The van der Waals surface area contributed by atoms with Crippen LogP contribution in [0.25, 0.3) is 11.1 Å². The van der Waals surface area contributed by atoms with Gasteiger partial charge in [0, 0.05) is 12.4 Å². The van der Waals surface area contributed by atoms with Crippen molar-refractivity contribution in [2.75, 3.05) is 0 Å². The van der Waals surface area contributed by atoms with E-state index in [2.05, 4.69) is 4.98 Å². The molecular formula is C17H21NO2. The van der Waals surface area contributed by atoms with E-state index in [0.717, 1.165) is 16.9 Å². The maximum atomic E-state index is 10.1. The fourth-order valence-electron chi connectivity index (χ4n) is 1.68. The molecule has 1 aromatic heterocycles. The van der Waals surface area contributed by atoms with Gasteiger partial charge in [-0.25, -0.2) is 0 Å². The SMILES string of the molecule is CC(C)(O)C(C)(C)Oc1ccc(-c2ccncc2)cc1. The van der Waals surface area contributed by atoms with Gasteiger partial charge in [0.2, 0.25) is 0 Å². The molecule has 2 rings (SSSR count). The van der Waals surface area contributed by atoms with Crippen molar-refractivity contribution in [2.45, 2.75) is 38.9 Å². The van der Waals surface area contributed by atoms with Gasteiger partial charge in [-0.1, -0.05) is 12.1 Å². The molecule has 3 nitrogen and oxygen atoms in total. The van der Waals surface area contributed by atoms with Gasteiger partial charge >= 0.3 is 0 Å². The van der Waals surface area contributed by atoms with Crippen LogP contribution in [0.15, 0.2) is 48.8 Å². The summed E-state index contributed by atoms with van der Waals surface area (Å²) in [7, 11) is 0. The summed E-state index contributed by atoms with van der Waals surface area (Å²) in [5.41, 5.74) is 0.649. The second kappa shape index (κ2) is 5.25. The Morgan fingerprint density at radius 1 is 0.850 bits per heavy atom. The van der Waals surface area contributed by atoms with Crippen molar-refractivity contribution in [3.05, 3.63) is 48.8 Å². The number of nitrogens with zero attached hydrogens (tertiary/aromatic N) is 1. The van der Waals surface area contributed by atoms with E-state index < -0.39 is 11.2 Å². The molecule has 0 aliphatic rings. The Morgan fingerprint density at radius 3 is 1.85 bits per heavy atom. The third-order valence-electron chi connectivity index (χ3n) is 3.71. The zero-order chi connectivity index (χ0) is 14.8. The first-order chi connectivity index (χ1) is 9.29. The maximum absolute atomic E-state index is 10.1. The molecule has 1 N–H and O–H groups in total. The van der Waals surface area contributed by atoms with Gasteiger partial charge in [-0.3, -0.25) is 4.98 Å². The normalized spacial score (nSPS) is 12.2. The van der Waals surface area contributed by atoms with Crippen LogP contribution in [0.1, 0.15) is 27.7 Å². The smallest absolute Gasteiger partial charge is 0.131 e. The minimum atomic E-state index is -0.920. The minimum Gasteiger partial charge on any atom is -0.485 e. The highest BCUT2D eigenvalue weighted by Crippen LogP contribution is 2.29. The Hall–Kier alpha value is -1.87. The number of aromatic nitrogens is 1. The van der Waals surface area contributed by atoms with Crippen molar-refractivity contribution in [3.63, 3.8) is 0 Å². The summed E-state index contributed by atoms with van der Waals surface area (Å²) in [6, 6.07) is 11.8. The molecule has 0 bridgehead atoms. The van der Waals surface area contributed by atoms with Crippen LogP contribution in [0.4, 0.5) is 0 Å². The van der Waals surface area contributed by atoms with Crippen LogP contribution < -0.4 is 4.74 Å². The molecule has 0 fully saturated rings. The number of pyridine rings is 1. The quantitative estimate of drug-likeness (QED) is 0.922. The van der Waals surface area contributed by atoms with Gasteiger partial charge < -0.3 is 9.84 Å². The van der Waals surface area contributed by atoms with Gasteiger partial charge in [-0.05, 0) is 63.1 Å². The zero-order valence-electron chi connectivity index (χ0n) is 12.4. The predicted molar refractivity (Wildman–Crippen MR) is 80.7 cm³/mol. The van der Waals surface area contributed by atoms with Gasteiger partial charge in [0.05, 0.1) is 5.60 Å². The van der Waals surface area contributed by atoms with Crippen LogP contribution in [0.3, 0.4) is 0 Å². The van der Waals surface area contributed by atoms with E-state index in [9.17, 15) is 5.11 Å². The molecular weight excluding hydrogens is 250 g/mol. The molecule has 20 heavy (non-hydrogen) atoms. The first kappa shape index (κ1) is 14.5. The Bertz CT molecular complexity index is 554. The van der Waals surface area contributed by atoms with Gasteiger partial charge in [-0.2, -0.15) is 0 Å². The van der Waals surface area contributed by atoms with Crippen molar-refractivity contribution in [1.82, 2.24) is 4.98 Å². The first-order valence-corrected chi connectivity index (χ1v) is 6.71. The summed E-state index contributed by atoms with van der Waals surface area (Å²) >= 11 is 0. The lowest BCUT2D eigenvalue weighted by Gasteiger charge is -2.37. The Morgan fingerprint density at radius 2 is 1.35 bits per heavy atom. The standard InChI is InChI=1S/C17H21NO2/c1-16(2,19)17(3,4)20-15-7-5-13(6-8-15)14-9-11-18-12-10-14/h5-12,19H,1-4H3. The number of benzene rings is 1. The predicted octanol–water partition coefficient (Wildman–Crippen LogP) is 3.68. The molecule has 0 saturated heterocycles. The van der Waals surface area contributed by atoms with Crippen LogP contribution in [-0.4, -0.2) is 21.3 Å². The van der Waals surface area contributed by atoms with Crippen LogP contribution in [0, 0.1) is 0 Å². The van der Waals surface area contributed by atoms with E-state index in [-0.39, 0.29) is 0 Å². The Balaban J connectivity index is 2.18. The molecule has 0 radical (unpaired) electrons. The maximum Gasteiger partial charge on any atom is 0.131 e. The van der Waals surface area contributed by atoms with Crippen molar-refractivity contribution < 1.29 is 9.84 Å². The molecule has 0 spiro atoms. The van der Waals surface area contributed by atoms with Crippen molar-refractivity contribution in [2.24, 2.45) is 0 Å².